The van der Waals surface area contributed by atoms with Crippen molar-refractivity contribution in [3.63, 3.8) is 0 Å². The Labute approximate surface area is 113 Å². The molecule has 0 saturated heterocycles. The van der Waals surface area contributed by atoms with Gasteiger partial charge in [-0.1, -0.05) is 19.9 Å². The van der Waals surface area contributed by atoms with Gasteiger partial charge in [-0.15, -0.1) is 0 Å². The van der Waals surface area contributed by atoms with E-state index in [-0.39, 0.29) is 5.82 Å². The van der Waals surface area contributed by atoms with Gasteiger partial charge in [-0.2, -0.15) is 0 Å². The highest BCUT2D eigenvalue weighted by Gasteiger charge is 2.08. The van der Waals surface area contributed by atoms with E-state index in [1.807, 2.05) is 19.1 Å². The predicted molar refractivity (Wildman–Crippen MR) is 74.8 cm³/mol. The lowest BCUT2D eigenvalue weighted by atomic mass is 10.1. The van der Waals surface area contributed by atoms with Gasteiger partial charge in [0.05, 0.1) is 12.3 Å². The number of benzene rings is 1. The summed E-state index contributed by atoms with van der Waals surface area (Å²) < 4.78 is 19.4. The monoisotopic (exact) mass is 259 g/mol. The third-order valence-electron chi connectivity index (χ3n) is 2.92. The Morgan fingerprint density at radius 3 is 2.58 bits per heavy atom. The number of nitrogens with zero attached hydrogens (tertiary/aromatic N) is 1. The summed E-state index contributed by atoms with van der Waals surface area (Å²) in [6, 6.07) is 8.74. The normalized spacial score (nSPS) is 10.5. The zero-order valence-electron chi connectivity index (χ0n) is 11.3. The van der Waals surface area contributed by atoms with Gasteiger partial charge < -0.3 is 4.74 Å². The lowest BCUT2D eigenvalue weighted by Gasteiger charge is -2.07. The number of hydrogen-bond donors (Lipinski definition) is 0. The number of ether oxygens (including phenoxy) is 1. The average Bonchev–Trinajstić information content (AvgIpc) is 2.45. The number of pyridine rings is 1. The Kier molecular flexibility index (Phi) is 4.50. The van der Waals surface area contributed by atoms with Crippen LogP contribution in [0.5, 0.6) is 5.75 Å². The summed E-state index contributed by atoms with van der Waals surface area (Å²) in [5, 5.41) is 0. The molecule has 0 N–H and O–H groups in total. The van der Waals surface area contributed by atoms with Crippen molar-refractivity contribution in [2.75, 3.05) is 6.61 Å². The Morgan fingerprint density at radius 2 is 2.00 bits per heavy atom. The van der Waals surface area contributed by atoms with Crippen LogP contribution in [-0.2, 0) is 6.42 Å². The van der Waals surface area contributed by atoms with E-state index in [0.29, 0.717) is 23.6 Å². The van der Waals surface area contributed by atoms with E-state index in [4.69, 9.17) is 4.74 Å². The molecule has 0 aliphatic rings. The highest BCUT2D eigenvalue weighted by Crippen LogP contribution is 2.25. The van der Waals surface area contributed by atoms with Crippen molar-refractivity contribution >= 4 is 0 Å². The van der Waals surface area contributed by atoms with Crippen LogP contribution in [0.15, 0.2) is 36.5 Å². The molecular formula is C16H18FNO. The second-order valence-corrected chi connectivity index (χ2v) is 4.40. The first-order valence-corrected chi connectivity index (χ1v) is 6.62. The lowest BCUT2D eigenvalue weighted by Crippen LogP contribution is -1.96. The van der Waals surface area contributed by atoms with Crippen LogP contribution in [-0.4, -0.2) is 11.6 Å². The Balaban J connectivity index is 2.24. The van der Waals surface area contributed by atoms with E-state index in [1.54, 1.807) is 18.3 Å². The topological polar surface area (TPSA) is 22.1 Å². The van der Waals surface area contributed by atoms with E-state index in [0.717, 1.165) is 18.4 Å². The second-order valence-electron chi connectivity index (χ2n) is 4.40. The Morgan fingerprint density at radius 1 is 1.16 bits per heavy atom. The van der Waals surface area contributed by atoms with E-state index >= 15 is 0 Å². The molecule has 0 fully saturated rings. The minimum Gasteiger partial charge on any atom is -0.494 e. The van der Waals surface area contributed by atoms with Gasteiger partial charge in [0.25, 0.3) is 0 Å². The zero-order valence-corrected chi connectivity index (χ0v) is 11.3. The van der Waals surface area contributed by atoms with Crippen LogP contribution < -0.4 is 4.74 Å². The molecule has 100 valence electrons. The molecule has 1 aromatic carbocycles. The number of aromatic nitrogens is 1. The third kappa shape index (κ3) is 3.31. The molecular weight excluding hydrogens is 241 g/mol. The maximum Gasteiger partial charge on any atom is 0.136 e. The summed E-state index contributed by atoms with van der Waals surface area (Å²) >= 11 is 0. The molecule has 0 amide bonds. The SMILES string of the molecule is CCCOc1ccc(-c2ccc(CC)cn2)c(F)c1. The van der Waals surface area contributed by atoms with Crippen LogP contribution in [0.25, 0.3) is 11.3 Å². The highest BCUT2D eigenvalue weighted by atomic mass is 19.1. The molecule has 0 spiro atoms. The maximum atomic E-state index is 14.0. The number of hydrogen-bond acceptors (Lipinski definition) is 2. The van der Waals surface area contributed by atoms with Gasteiger partial charge in [0.15, 0.2) is 0 Å². The molecule has 1 heterocycles. The summed E-state index contributed by atoms with van der Waals surface area (Å²) in [7, 11) is 0. The van der Waals surface area contributed by atoms with E-state index < -0.39 is 0 Å². The molecule has 0 bridgehead atoms. The fraction of sp³-hybridized carbons (Fsp3) is 0.312. The quantitative estimate of drug-likeness (QED) is 0.801. The first-order chi connectivity index (χ1) is 9.24. The predicted octanol–water partition coefficient (Wildman–Crippen LogP) is 4.24. The van der Waals surface area contributed by atoms with Crippen molar-refractivity contribution in [2.24, 2.45) is 0 Å². The van der Waals surface area contributed by atoms with Gasteiger partial charge >= 0.3 is 0 Å². The Bertz CT molecular complexity index is 537. The van der Waals surface area contributed by atoms with Crippen LogP contribution in [0.1, 0.15) is 25.8 Å². The second kappa shape index (κ2) is 6.32. The molecule has 19 heavy (non-hydrogen) atoms. The van der Waals surface area contributed by atoms with Gasteiger partial charge in [-0.3, -0.25) is 4.98 Å². The van der Waals surface area contributed by atoms with Crippen LogP contribution in [0.3, 0.4) is 0 Å². The van der Waals surface area contributed by atoms with Crippen molar-refractivity contribution in [1.82, 2.24) is 4.98 Å². The van der Waals surface area contributed by atoms with Crippen LogP contribution in [0.4, 0.5) is 4.39 Å². The van der Waals surface area contributed by atoms with E-state index in [1.165, 1.54) is 6.07 Å². The molecule has 3 heteroatoms. The molecule has 0 radical (unpaired) electrons. The Hall–Kier alpha value is -1.90. The fourth-order valence-electron chi connectivity index (χ4n) is 1.81. The lowest BCUT2D eigenvalue weighted by molar-refractivity contribution is 0.316. The van der Waals surface area contributed by atoms with E-state index in [2.05, 4.69) is 11.9 Å². The third-order valence-corrected chi connectivity index (χ3v) is 2.92. The molecule has 0 aliphatic heterocycles. The molecule has 0 aliphatic carbocycles. The summed E-state index contributed by atoms with van der Waals surface area (Å²) in [5.41, 5.74) is 2.30. The molecule has 0 unspecified atom stereocenters. The molecule has 2 nitrogen and oxygen atoms in total. The molecule has 1 aromatic heterocycles. The van der Waals surface area contributed by atoms with Crippen molar-refractivity contribution in [1.29, 1.82) is 0 Å². The fourth-order valence-corrected chi connectivity index (χ4v) is 1.81. The van der Waals surface area contributed by atoms with Crippen LogP contribution >= 0.6 is 0 Å². The average molecular weight is 259 g/mol. The standard InChI is InChI=1S/C16H18FNO/c1-3-9-19-13-6-7-14(15(17)10-13)16-8-5-12(4-2)11-18-16/h5-8,10-11H,3-4,9H2,1-2H3. The smallest absolute Gasteiger partial charge is 0.136 e. The number of rotatable bonds is 5. The summed E-state index contributed by atoms with van der Waals surface area (Å²) in [5.74, 6) is 0.263. The first kappa shape index (κ1) is 13.5. The minimum atomic E-state index is -0.301. The van der Waals surface area contributed by atoms with Crippen molar-refractivity contribution in [3.8, 4) is 17.0 Å². The van der Waals surface area contributed by atoms with E-state index in [9.17, 15) is 4.39 Å². The largest absolute Gasteiger partial charge is 0.494 e. The van der Waals surface area contributed by atoms with Gasteiger partial charge in [-0.05, 0) is 36.6 Å². The van der Waals surface area contributed by atoms with Crippen LogP contribution in [0, 0.1) is 5.82 Å². The molecule has 2 rings (SSSR count). The molecule has 0 saturated carbocycles. The molecule has 0 atom stereocenters. The maximum absolute atomic E-state index is 14.0. The number of halogens is 1. The van der Waals surface area contributed by atoms with Crippen molar-refractivity contribution in [3.05, 3.63) is 47.9 Å². The van der Waals surface area contributed by atoms with Crippen LogP contribution in [0.2, 0.25) is 0 Å². The zero-order chi connectivity index (χ0) is 13.7. The minimum absolute atomic E-state index is 0.301. The van der Waals surface area contributed by atoms with Gasteiger partial charge in [0.2, 0.25) is 0 Å². The first-order valence-electron chi connectivity index (χ1n) is 6.62. The van der Waals surface area contributed by atoms with Crippen molar-refractivity contribution in [2.45, 2.75) is 26.7 Å². The summed E-state index contributed by atoms with van der Waals surface area (Å²) in [4.78, 5) is 4.29. The van der Waals surface area contributed by atoms with Gasteiger partial charge in [0, 0.05) is 17.8 Å². The molecule has 2 aromatic rings. The van der Waals surface area contributed by atoms with Gasteiger partial charge in [0.1, 0.15) is 11.6 Å². The summed E-state index contributed by atoms with van der Waals surface area (Å²) in [6.45, 7) is 4.68. The summed E-state index contributed by atoms with van der Waals surface area (Å²) in [6.07, 6.45) is 3.62. The van der Waals surface area contributed by atoms with Crippen molar-refractivity contribution < 1.29 is 9.13 Å². The van der Waals surface area contributed by atoms with Gasteiger partial charge in [-0.25, -0.2) is 4.39 Å². The number of aryl methyl sites for hydroxylation is 1. The highest BCUT2D eigenvalue weighted by molar-refractivity contribution is 5.61.